The van der Waals surface area contributed by atoms with Gasteiger partial charge in [0.15, 0.2) is 0 Å². The number of pyridine rings is 1. The van der Waals surface area contributed by atoms with Crippen LogP contribution in [0.15, 0.2) is 18.3 Å². The number of rotatable bonds is 4. The second-order valence-corrected chi connectivity index (χ2v) is 6.75. The van der Waals surface area contributed by atoms with Gasteiger partial charge in [0, 0.05) is 30.9 Å². The van der Waals surface area contributed by atoms with Gasteiger partial charge in [-0.2, -0.15) is 0 Å². The minimum atomic E-state index is -0.869. The molecule has 124 valence electrons. The van der Waals surface area contributed by atoms with Crippen molar-refractivity contribution in [2.24, 2.45) is 5.41 Å². The minimum Gasteiger partial charge on any atom is -0.481 e. The first-order valence-electron chi connectivity index (χ1n) is 8.13. The number of hydrogen-bond donors (Lipinski definition) is 1. The number of carbonyl (C=O) groups excluding carboxylic acids is 1. The molecule has 2 heterocycles. The molecule has 1 aliphatic carbocycles. The number of hydrogen-bond acceptors (Lipinski definition) is 4. The van der Waals surface area contributed by atoms with Crippen molar-refractivity contribution in [3.05, 3.63) is 23.9 Å². The van der Waals surface area contributed by atoms with E-state index in [1.807, 2.05) is 0 Å². The summed E-state index contributed by atoms with van der Waals surface area (Å²) in [5, 5.41) is 9.38. The molecule has 1 saturated heterocycles. The number of likely N-dealkylation sites (tertiary alicyclic amines) is 1. The van der Waals surface area contributed by atoms with Crippen molar-refractivity contribution in [1.29, 1.82) is 0 Å². The van der Waals surface area contributed by atoms with Gasteiger partial charge in [0.2, 0.25) is 5.88 Å². The highest BCUT2D eigenvalue weighted by molar-refractivity contribution is 5.95. The second kappa shape index (κ2) is 6.18. The van der Waals surface area contributed by atoms with Crippen LogP contribution in [0, 0.1) is 5.41 Å². The molecule has 3 rings (SSSR count). The highest BCUT2D eigenvalue weighted by Crippen LogP contribution is 2.31. The van der Waals surface area contributed by atoms with Crippen LogP contribution in [0.1, 0.15) is 49.4 Å². The zero-order chi connectivity index (χ0) is 16.4. The highest BCUT2D eigenvalue weighted by atomic mass is 16.5. The third-order valence-electron chi connectivity index (χ3n) is 4.82. The van der Waals surface area contributed by atoms with E-state index in [0.717, 1.165) is 12.8 Å². The van der Waals surface area contributed by atoms with Gasteiger partial charge in [0.05, 0.1) is 5.41 Å². The van der Waals surface area contributed by atoms with Gasteiger partial charge in [-0.25, -0.2) is 4.98 Å². The number of ether oxygens (including phenoxy) is 1. The monoisotopic (exact) mass is 318 g/mol. The van der Waals surface area contributed by atoms with Crippen molar-refractivity contribution < 1.29 is 19.4 Å². The number of carbonyl (C=O) groups is 2. The van der Waals surface area contributed by atoms with E-state index in [1.165, 1.54) is 6.42 Å². The van der Waals surface area contributed by atoms with Gasteiger partial charge in [-0.05, 0) is 45.1 Å². The van der Waals surface area contributed by atoms with E-state index in [1.54, 1.807) is 30.2 Å². The van der Waals surface area contributed by atoms with Gasteiger partial charge in [0.25, 0.3) is 5.91 Å². The average molecular weight is 318 g/mol. The second-order valence-electron chi connectivity index (χ2n) is 6.75. The predicted octanol–water partition coefficient (Wildman–Crippen LogP) is 2.34. The van der Waals surface area contributed by atoms with Crippen molar-refractivity contribution in [3.8, 4) is 5.88 Å². The van der Waals surface area contributed by atoms with E-state index in [-0.39, 0.29) is 18.6 Å². The Bertz CT molecular complexity index is 614. The van der Waals surface area contributed by atoms with E-state index in [0.29, 0.717) is 30.8 Å². The number of aromatic nitrogens is 1. The lowest BCUT2D eigenvalue weighted by Gasteiger charge is -2.37. The van der Waals surface area contributed by atoms with Crippen LogP contribution in [0.3, 0.4) is 0 Å². The maximum Gasteiger partial charge on any atom is 0.311 e. The Morgan fingerprint density at radius 1 is 1.39 bits per heavy atom. The van der Waals surface area contributed by atoms with Gasteiger partial charge >= 0.3 is 5.97 Å². The van der Waals surface area contributed by atoms with Crippen molar-refractivity contribution in [1.82, 2.24) is 9.88 Å². The van der Waals surface area contributed by atoms with Gasteiger partial charge in [-0.1, -0.05) is 0 Å². The fourth-order valence-corrected chi connectivity index (χ4v) is 3.04. The Balaban J connectivity index is 1.72. The van der Waals surface area contributed by atoms with Gasteiger partial charge in [-0.15, -0.1) is 0 Å². The minimum absolute atomic E-state index is 0.155. The van der Waals surface area contributed by atoms with Crippen LogP contribution in [0.25, 0.3) is 0 Å². The van der Waals surface area contributed by atoms with Crippen LogP contribution in [-0.4, -0.2) is 46.1 Å². The van der Waals surface area contributed by atoms with E-state index < -0.39 is 11.4 Å². The first-order chi connectivity index (χ1) is 11.0. The normalized spacial score (nSPS) is 24.8. The Morgan fingerprint density at radius 3 is 2.83 bits per heavy atom. The third kappa shape index (κ3) is 3.30. The number of piperidine rings is 1. The first-order valence-corrected chi connectivity index (χ1v) is 8.13. The number of carboxylic acids is 1. The number of aliphatic carboxylic acids is 1. The number of amides is 1. The zero-order valence-corrected chi connectivity index (χ0v) is 13.3. The quantitative estimate of drug-likeness (QED) is 0.921. The molecular weight excluding hydrogens is 296 g/mol. The molecule has 0 aromatic carbocycles. The maximum absolute atomic E-state index is 12.7. The largest absolute Gasteiger partial charge is 0.481 e. The standard InChI is InChI=1S/C17H22N2O4/c1-17(16(21)22)7-3-9-19(11-17)15(20)12-6-8-18-14(10-12)23-13-4-2-5-13/h6,8,10,13H,2-5,7,9,11H2,1H3,(H,21,22). The molecule has 1 N–H and O–H groups in total. The topological polar surface area (TPSA) is 79.7 Å². The zero-order valence-electron chi connectivity index (χ0n) is 13.3. The molecule has 1 aromatic rings. The maximum atomic E-state index is 12.7. The summed E-state index contributed by atoms with van der Waals surface area (Å²) in [4.78, 5) is 29.9. The van der Waals surface area contributed by atoms with E-state index in [2.05, 4.69) is 4.98 Å². The third-order valence-corrected chi connectivity index (χ3v) is 4.82. The van der Waals surface area contributed by atoms with Crippen molar-refractivity contribution in [2.75, 3.05) is 13.1 Å². The molecular formula is C17H22N2O4. The lowest BCUT2D eigenvalue weighted by atomic mass is 9.82. The van der Waals surface area contributed by atoms with E-state index >= 15 is 0 Å². The van der Waals surface area contributed by atoms with Crippen molar-refractivity contribution in [2.45, 2.75) is 45.1 Å². The molecule has 6 heteroatoms. The van der Waals surface area contributed by atoms with Crippen LogP contribution < -0.4 is 4.74 Å². The van der Waals surface area contributed by atoms with Crippen LogP contribution in [0.2, 0.25) is 0 Å². The van der Waals surface area contributed by atoms with Gasteiger partial charge < -0.3 is 14.7 Å². The fraction of sp³-hybridized carbons (Fsp3) is 0.588. The molecule has 1 aromatic heterocycles. The molecule has 1 amide bonds. The molecule has 6 nitrogen and oxygen atoms in total. The summed E-state index contributed by atoms with van der Waals surface area (Å²) in [5.74, 6) is -0.532. The molecule has 0 radical (unpaired) electrons. The summed E-state index contributed by atoms with van der Waals surface area (Å²) >= 11 is 0. The summed E-state index contributed by atoms with van der Waals surface area (Å²) in [5.41, 5.74) is -0.365. The molecule has 0 spiro atoms. The van der Waals surface area contributed by atoms with E-state index in [9.17, 15) is 14.7 Å². The Labute approximate surface area is 135 Å². The Morgan fingerprint density at radius 2 is 2.17 bits per heavy atom. The number of nitrogens with zero attached hydrogens (tertiary/aromatic N) is 2. The molecule has 2 aliphatic rings. The lowest BCUT2D eigenvalue weighted by molar-refractivity contribution is -0.150. The molecule has 1 atom stereocenters. The Kier molecular flexibility index (Phi) is 4.24. The number of carboxylic acid groups (broad SMARTS) is 1. The molecule has 2 fully saturated rings. The summed E-state index contributed by atoms with van der Waals surface area (Å²) in [6, 6.07) is 3.32. The molecule has 1 unspecified atom stereocenters. The highest BCUT2D eigenvalue weighted by Gasteiger charge is 2.39. The molecule has 1 aliphatic heterocycles. The van der Waals surface area contributed by atoms with Gasteiger partial charge in [-0.3, -0.25) is 9.59 Å². The average Bonchev–Trinajstić information content (AvgIpc) is 2.50. The smallest absolute Gasteiger partial charge is 0.311 e. The van der Waals surface area contributed by atoms with Crippen molar-refractivity contribution in [3.63, 3.8) is 0 Å². The molecule has 1 saturated carbocycles. The van der Waals surface area contributed by atoms with E-state index in [4.69, 9.17) is 4.74 Å². The molecule has 23 heavy (non-hydrogen) atoms. The van der Waals surface area contributed by atoms with Crippen LogP contribution in [0.5, 0.6) is 5.88 Å². The Hall–Kier alpha value is -2.11. The first kappa shape index (κ1) is 15.8. The van der Waals surface area contributed by atoms with Crippen LogP contribution >= 0.6 is 0 Å². The summed E-state index contributed by atoms with van der Waals surface area (Å²) < 4.78 is 5.73. The van der Waals surface area contributed by atoms with Crippen molar-refractivity contribution >= 4 is 11.9 Å². The lowest BCUT2D eigenvalue weighted by Crippen LogP contribution is -2.48. The van der Waals surface area contributed by atoms with Crippen LogP contribution in [0.4, 0.5) is 0 Å². The summed E-state index contributed by atoms with van der Waals surface area (Å²) in [6.07, 6.45) is 6.31. The SMILES string of the molecule is CC1(C(=O)O)CCCN(C(=O)c2ccnc(OC3CCC3)c2)C1. The van der Waals surface area contributed by atoms with Crippen LogP contribution in [-0.2, 0) is 4.79 Å². The fourth-order valence-electron chi connectivity index (χ4n) is 3.04. The summed E-state index contributed by atoms with van der Waals surface area (Å²) in [6.45, 7) is 2.53. The van der Waals surface area contributed by atoms with Gasteiger partial charge in [0.1, 0.15) is 6.10 Å². The predicted molar refractivity (Wildman–Crippen MR) is 83.4 cm³/mol. The molecule has 0 bridgehead atoms. The summed E-state index contributed by atoms with van der Waals surface area (Å²) in [7, 11) is 0.